The summed E-state index contributed by atoms with van der Waals surface area (Å²) in [6, 6.07) is 14.3. The molecule has 0 spiro atoms. The predicted molar refractivity (Wildman–Crippen MR) is 107 cm³/mol. The third-order valence-corrected chi connectivity index (χ3v) is 5.80. The van der Waals surface area contributed by atoms with Gasteiger partial charge in [0.15, 0.2) is 0 Å². The lowest BCUT2D eigenvalue weighted by atomic mass is 10.1. The van der Waals surface area contributed by atoms with Crippen molar-refractivity contribution in [2.75, 3.05) is 5.32 Å². The Hall–Kier alpha value is -2.97. The number of hydrogen-bond donors (Lipinski definition) is 2. The van der Waals surface area contributed by atoms with Crippen molar-refractivity contribution in [3.63, 3.8) is 0 Å². The number of carbonyl (C=O) groups is 1. The first kappa shape index (κ1) is 19.8. The quantitative estimate of drug-likeness (QED) is 0.640. The van der Waals surface area contributed by atoms with Gasteiger partial charge in [-0.1, -0.05) is 30.3 Å². The maximum absolute atomic E-state index is 12.9. The van der Waals surface area contributed by atoms with Crippen molar-refractivity contribution in [1.82, 2.24) is 14.5 Å². The lowest BCUT2D eigenvalue weighted by Crippen LogP contribution is -2.25. The van der Waals surface area contributed by atoms with Crippen LogP contribution in [0.2, 0.25) is 0 Å². The van der Waals surface area contributed by atoms with Crippen LogP contribution in [0.25, 0.3) is 0 Å². The van der Waals surface area contributed by atoms with E-state index >= 15 is 0 Å². The summed E-state index contributed by atoms with van der Waals surface area (Å²) in [5.41, 5.74) is 2.90. The smallest absolute Gasteiger partial charge is 0.241 e. The molecule has 0 aliphatic carbocycles. The molecule has 3 aromatic rings. The molecule has 1 heterocycles. The molecule has 0 radical (unpaired) electrons. The molecule has 7 nitrogen and oxygen atoms in total. The number of aromatic nitrogens is 2. The van der Waals surface area contributed by atoms with Crippen LogP contribution < -0.4 is 10.0 Å². The van der Waals surface area contributed by atoms with E-state index < -0.39 is 10.0 Å². The summed E-state index contributed by atoms with van der Waals surface area (Å²) in [4.78, 5) is 11.4. The SMILES string of the molecule is CC(=O)Nc1ccc(C)c(S(=O)(=O)NCc2ccccc2Cn2cccn2)c1. The lowest BCUT2D eigenvalue weighted by molar-refractivity contribution is -0.114. The van der Waals surface area contributed by atoms with Gasteiger partial charge < -0.3 is 5.32 Å². The highest BCUT2D eigenvalue weighted by Gasteiger charge is 2.18. The van der Waals surface area contributed by atoms with Gasteiger partial charge in [0.2, 0.25) is 15.9 Å². The van der Waals surface area contributed by atoms with Gasteiger partial charge in [-0.25, -0.2) is 13.1 Å². The molecule has 8 heteroatoms. The van der Waals surface area contributed by atoms with Crippen LogP contribution in [0, 0.1) is 6.92 Å². The fourth-order valence-electron chi connectivity index (χ4n) is 2.87. The zero-order valence-corrected chi connectivity index (χ0v) is 16.5. The van der Waals surface area contributed by atoms with Crippen molar-refractivity contribution in [3.8, 4) is 0 Å². The van der Waals surface area contributed by atoms with Crippen molar-refractivity contribution in [2.45, 2.75) is 31.8 Å². The largest absolute Gasteiger partial charge is 0.326 e. The zero-order valence-electron chi connectivity index (χ0n) is 15.7. The number of hydrogen-bond acceptors (Lipinski definition) is 4. The average molecular weight is 398 g/mol. The Morgan fingerprint density at radius 3 is 2.54 bits per heavy atom. The molecule has 0 aliphatic rings. The van der Waals surface area contributed by atoms with Gasteiger partial charge in [-0.2, -0.15) is 5.10 Å². The van der Waals surface area contributed by atoms with Crippen LogP contribution in [0.4, 0.5) is 5.69 Å². The highest BCUT2D eigenvalue weighted by molar-refractivity contribution is 7.89. The van der Waals surface area contributed by atoms with Crippen LogP contribution in [-0.4, -0.2) is 24.1 Å². The molecule has 0 saturated carbocycles. The molecule has 1 aromatic heterocycles. The summed E-state index contributed by atoms with van der Waals surface area (Å²) in [6.07, 6.45) is 3.56. The topological polar surface area (TPSA) is 93.1 Å². The Morgan fingerprint density at radius 2 is 1.86 bits per heavy atom. The average Bonchev–Trinajstić information content (AvgIpc) is 3.15. The summed E-state index contributed by atoms with van der Waals surface area (Å²) in [5.74, 6) is -0.257. The van der Waals surface area contributed by atoms with Gasteiger partial charge in [0, 0.05) is 31.5 Å². The van der Waals surface area contributed by atoms with Gasteiger partial charge >= 0.3 is 0 Å². The van der Waals surface area contributed by atoms with Crippen LogP contribution in [0.5, 0.6) is 0 Å². The van der Waals surface area contributed by atoms with Gasteiger partial charge in [-0.15, -0.1) is 0 Å². The highest BCUT2D eigenvalue weighted by atomic mass is 32.2. The molecular formula is C20H22N4O3S. The van der Waals surface area contributed by atoms with E-state index in [1.54, 1.807) is 29.9 Å². The summed E-state index contributed by atoms with van der Waals surface area (Å²) in [5, 5.41) is 6.81. The Labute approximate surface area is 164 Å². The number of nitrogens with one attached hydrogen (secondary N) is 2. The number of nitrogens with zero attached hydrogens (tertiary/aromatic N) is 2. The summed E-state index contributed by atoms with van der Waals surface area (Å²) >= 11 is 0. The number of benzene rings is 2. The second kappa shape index (κ2) is 8.37. The molecule has 0 atom stereocenters. The van der Waals surface area contributed by atoms with Crippen LogP contribution in [0.3, 0.4) is 0 Å². The third-order valence-electron chi connectivity index (χ3n) is 4.26. The molecule has 28 heavy (non-hydrogen) atoms. The van der Waals surface area contributed by atoms with Crippen LogP contribution in [0.1, 0.15) is 23.6 Å². The standard InChI is InChI=1S/C20H22N4O3S/c1-15-8-9-19(23-16(2)25)12-20(15)28(26,27)22-13-17-6-3-4-7-18(17)14-24-11-5-10-21-24/h3-12,22H,13-14H2,1-2H3,(H,23,25). The van der Waals surface area contributed by atoms with Gasteiger partial charge in [0.1, 0.15) is 0 Å². The van der Waals surface area contributed by atoms with Crippen molar-refractivity contribution in [1.29, 1.82) is 0 Å². The van der Waals surface area contributed by atoms with E-state index in [0.717, 1.165) is 11.1 Å². The first-order valence-electron chi connectivity index (χ1n) is 8.77. The zero-order chi connectivity index (χ0) is 20.1. The van der Waals surface area contributed by atoms with Gasteiger partial charge in [-0.3, -0.25) is 9.48 Å². The van der Waals surface area contributed by atoms with Crippen LogP contribution in [-0.2, 0) is 27.9 Å². The van der Waals surface area contributed by atoms with Crippen molar-refractivity contribution < 1.29 is 13.2 Å². The minimum Gasteiger partial charge on any atom is -0.326 e. The van der Waals surface area contributed by atoms with Gasteiger partial charge in [0.05, 0.1) is 11.4 Å². The van der Waals surface area contributed by atoms with Crippen molar-refractivity contribution in [3.05, 3.63) is 77.6 Å². The second-order valence-corrected chi connectivity index (χ2v) is 8.19. The highest BCUT2D eigenvalue weighted by Crippen LogP contribution is 2.21. The van der Waals surface area contributed by atoms with E-state index in [1.165, 1.54) is 13.0 Å². The van der Waals surface area contributed by atoms with Gasteiger partial charge in [0.25, 0.3) is 0 Å². The number of amides is 1. The van der Waals surface area contributed by atoms with Crippen LogP contribution in [0.15, 0.2) is 65.8 Å². The number of aryl methyl sites for hydroxylation is 1. The molecule has 0 unspecified atom stereocenters. The summed E-state index contributed by atoms with van der Waals surface area (Å²) < 4.78 is 30.2. The molecule has 0 fully saturated rings. The minimum atomic E-state index is -3.75. The number of anilines is 1. The fourth-order valence-corrected chi connectivity index (χ4v) is 4.15. The summed E-state index contributed by atoms with van der Waals surface area (Å²) in [6.45, 7) is 3.81. The van der Waals surface area contributed by atoms with E-state index in [1.807, 2.05) is 36.5 Å². The Kier molecular flexibility index (Phi) is 5.91. The van der Waals surface area contributed by atoms with Gasteiger partial charge in [-0.05, 0) is 41.8 Å². The number of rotatable bonds is 7. The minimum absolute atomic E-state index is 0.142. The van der Waals surface area contributed by atoms with E-state index in [9.17, 15) is 13.2 Å². The maximum atomic E-state index is 12.9. The maximum Gasteiger partial charge on any atom is 0.241 e. The number of carbonyl (C=O) groups excluding carboxylic acids is 1. The molecule has 2 aromatic carbocycles. The fraction of sp³-hybridized carbons (Fsp3) is 0.200. The molecule has 2 N–H and O–H groups in total. The third kappa shape index (κ3) is 4.85. The normalized spacial score (nSPS) is 11.4. The molecule has 146 valence electrons. The molecular weight excluding hydrogens is 376 g/mol. The van der Waals surface area contributed by atoms with Crippen molar-refractivity contribution in [2.24, 2.45) is 0 Å². The van der Waals surface area contributed by atoms with E-state index in [4.69, 9.17) is 0 Å². The monoisotopic (exact) mass is 398 g/mol. The van der Waals surface area contributed by atoms with Crippen LogP contribution >= 0.6 is 0 Å². The first-order chi connectivity index (χ1) is 13.3. The molecule has 0 aliphatic heterocycles. The second-order valence-electron chi connectivity index (χ2n) is 6.46. The van der Waals surface area contributed by atoms with E-state index in [-0.39, 0.29) is 17.3 Å². The molecule has 0 saturated heterocycles. The molecule has 1 amide bonds. The van der Waals surface area contributed by atoms with E-state index in [2.05, 4.69) is 15.1 Å². The Bertz CT molecular complexity index is 1080. The molecule has 3 rings (SSSR count). The number of sulfonamides is 1. The molecule has 0 bridgehead atoms. The van der Waals surface area contributed by atoms with Crippen molar-refractivity contribution >= 4 is 21.6 Å². The summed E-state index contributed by atoms with van der Waals surface area (Å²) in [7, 11) is -3.75. The Balaban J connectivity index is 1.80. The predicted octanol–water partition coefficient (Wildman–Crippen LogP) is 2.68. The first-order valence-corrected chi connectivity index (χ1v) is 10.3. The van der Waals surface area contributed by atoms with E-state index in [0.29, 0.717) is 17.8 Å². The lowest BCUT2D eigenvalue weighted by Gasteiger charge is -2.13. The Morgan fingerprint density at radius 1 is 1.11 bits per heavy atom.